The second-order valence-electron chi connectivity index (χ2n) is 10.2. The molecule has 1 N–H and O–H groups in total. The number of rotatable bonds is 12. The van der Waals surface area contributed by atoms with Gasteiger partial charge >= 0.3 is 6.03 Å². The van der Waals surface area contributed by atoms with Gasteiger partial charge in [-0.1, -0.05) is 45.9 Å². The van der Waals surface area contributed by atoms with E-state index in [-0.39, 0.29) is 36.4 Å². The number of hydrogen-bond acceptors (Lipinski definition) is 3. The Kier molecular flexibility index (Phi) is 9.38. The van der Waals surface area contributed by atoms with Gasteiger partial charge in [0.05, 0.1) is 6.54 Å². The number of carbonyl (C=O) groups excluding carboxylic acids is 2. The largest absolute Gasteiger partial charge is 0.385 e. The van der Waals surface area contributed by atoms with Crippen LogP contribution in [0.4, 0.5) is 10.5 Å². The van der Waals surface area contributed by atoms with Gasteiger partial charge in [0, 0.05) is 50.9 Å². The lowest BCUT2D eigenvalue weighted by Gasteiger charge is -2.29. The number of hydrogen-bond donors (Lipinski definition) is 1. The van der Waals surface area contributed by atoms with E-state index in [0.29, 0.717) is 26.1 Å². The van der Waals surface area contributed by atoms with E-state index in [4.69, 9.17) is 4.74 Å². The van der Waals surface area contributed by atoms with Gasteiger partial charge in [0.2, 0.25) is 5.91 Å². The van der Waals surface area contributed by atoms with Gasteiger partial charge in [-0.05, 0) is 54.4 Å². The number of para-hydroxylation sites is 1. The van der Waals surface area contributed by atoms with Crippen LogP contribution < -0.4 is 5.32 Å². The molecule has 7 heteroatoms. The van der Waals surface area contributed by atoms with Gasteiger partial charge in [0.25, 0.3) is 0 Å². The average molecular weight is 483 g/mol. The van der Waals surface area contributed by atoms with Crippen molar-refractivity contribution < 1.29 is 14.3 Å². The first kappa shape index (κ1) is 26.8. The van der Waals surface area contributed by atoms with E-state index in [2.05, 4.69) is 51.2 Å². The summed E-state index contributed by atoms with van der Waals surface area (Å²) < 4.78 is 7.26. The fourth-order valence-electron chi connectivity index (χ4n) is 4.43. The van der Waals surface area contributed by atoms with Crippen LogP contribution in [0.15, 0.2) is 36.5 Å². The summed E-state index contributed by atoms with van der Waals surface area (Å²) >= 11 is 0. The summed E-state index contributed by atoms with van der Waals surface area (Å²) in [5.41, 5.74) is 4.18. The summed E-state index contributed by atoms with van der Waals surface area (Å²) in [4.78, 5) is 30.6. The van der Waals surface area contributed by atoms with Crippen LogP contribution in [-0.2, 0) is 23.1 Å². The summed E-state index contributed by atoms with van der Waals surface area (Å²) in [5, 5.41) is 3.18. The molecule has 0 bridgehead atoms. The van der Waals surface area contributed by atoms with Crippen LogP contribution in [0.5, 0.6) is 0 Å². The quantitative estimate of drug-likeness (QED) is 0.416. The maximum atomic E-state index is 13.6. The first-order chi connectivity index (χ1) is 16.7. The zero-order valence-electron chi connectivity index (χ0n) is 22.2. The van der Waals surface area contributed by atoms with Crippen molar-refractivity contribution in [3.8, 4) is 0 Å². The third-order valence-electron chi connectivity index (χ3n) is 6.69. The van der Waals surface area contributed by atoms with Gasteiger partial charge in [-0.15, -0.1) is 0 Å². The van der Waals surface area contributed by atoms with E-state index >= 15 is 0 Å². The number of aromatic nitrogens is 1. The third kappa shape index (κ3) is 7.10. The van der Waals surface area contributed by atoms with Crippen molar-refractivity contribution in [3.05, 3.63) is 53.3 Å². The first-order valence-electron chi connectivity index (χ1n) is 12.8. The number of nitrogens with zero attached hydrogens (tertiary/aromatic N) is 3. The van der Waals surface area contributed by atoms with Crippen molar-refractivity contribution in [2.24, 2.45) is 7.05 Å². The molecule has 1 aromatic heterocycles. The molecular weight excluding hydrogens is 440 g/mol. The number of nitrogens with one attached hydrogen (secondary N) is 1. The number of carbonyl (C=O) groups is 2. The van der Waals surface area contributed by atoms with Crippen molar-refractivity contribution in [1.82, 2.24) is 14.4 Å². The highest BCUT2D eigenvalue weighted by atomic mass is 16.5. The highest BCUT2D eigenvalue weighted by Crippen LogP contribution is 2.33. The Labute approximate surface area is 210 Å². The average Bonchev–Trinajstić information content (AvgIpc) is 3.57. The van der Waals surface area contributed by atoms with Crippen molar-refractivity contribution in [3.63, 3.8) is 0 Å². The van der Waals surface area contributed by atoms with Crippen molar-refractivity contribution in [2.45, 2.75) is 71.4 Å². The number of ether oxygens (including phenoxy) is 1. The predicted octanol–water partition coefficient (Wildman–Crippen LogP) is 5.33. The number of methoxy groups -OCH3 is 1. The molecule has 35 heavy (non-hydrogen) atoms. The maximum absolute atomic E-state index is 13.6. The highest BCUT2D eigenvalue weighted by molar-refractivity contribution is 5.94. The van der Waals surface area contributed by atoms with E-state index in [1.54, 1.807) is 12.0 Å². The van der Waals surface area contributed by atoms with Crippen LogP contribution in [0.2, 0.25) is 0 Å². The summed E-state index contributed by atoms with van der Waals surface area (Å²) in [7, 11) is 3.64. The Morgan fingerprint density at radius 1 is 1.09 bits per heavy atom. The molecule has 0 saturated heterocycles. The SMILES string of the molecule is COCCCN(CC(=O)N(Cc1cccn1C)C1CC1)C(=O)Nc1c(C(C)C)cccc1C(C)C. The van der Waals surface area contributed by atoms with Gasteiger partial charge in [-0.25, -0.2) is 4.79 Å². The van der Waals surface area contributed by atoms with Crippen LogP contribution in [-0.4, -0.2) is 59.2 Å². The molecule has 0 aliphatic heterocycles. The molecule has 0 unspecified atom stereocenters. The molecule has 192 valence electrons. The van der Waals surface area contributed by atoms with Crippen LogP contribution in [0, 0.1) is 0 Å². The monoisotopic (exact) mass is 482 g/mol. The molecule has 1 aromatic carbocycles. The summed E-state index contributed by atoms with van der Waals surface area (Å²) in [6.45, 7) is 10.1. The van der Waals surface area contributed by atoms with E-state index in [0.717, 1.165) is 35.3 Å². The Morgan fingerprint density at radius 3 is 2.26 bits per heavy atom. The fraction of sp³-hybridized carbons (Fsp3) is 0.571. The zero-order chi connectivity index (χ0) is 25.5. The number of amides is 3. The minimum atomic E-state index is -0.237. The Balaban J connectivity index is 1.80. The Morgan fingerprint density at radius 2 is 1.74 bits per heavy atom. The number of aryl methyl sites for hydroxylation is 1. The number of urea groups is 1. The van der Waals surface area contributed by atoms with Crippen LogP contribution in [0.25, 0.3) is 0 Å². The molecule has 1 fully saturated rings. The molecule has 7 nitrogen and oxygen atoms in total. The molecule has 1 saturated carbocycles. The van der Waals surface area contributed by atoms with Crippen molar-refractivity contribution in [1.29, 1.82) is 0 Å². The summed E-state index contributed by atoms with van der Waals surface area (Å²) in [6, 6.07) is 10.3. The molecule has 1 heterocycles. The normalized spacial score (nSPS) is 13.4. The molecular formula is C28H42N4O3. The van der Waals surface area contributed by atoms with Crippen LogP contribution >= 0.6 is 0 Å². The van der Waals surface area contributed by atoms with E-state index in [1.165, 1.54) is 0 Å². The molecule has 2 aromatic rings. The second-order valence-corrected chi connectivity index (χ2v) is 10.2. The second kappa shape index (κ2) is 12.2. The minimum Gasteiger partial charge on any atom is -0.385 e. The number of anilines is 1. The van der Waals surface area contributed by atoms with Gasteiger partial charge in [-0.2, -0.15) is 0 Å². The minimum absolute atomic E-state index is 0.0116. The van der Waals surface area contributed by atoms with Crippen LogP contribution in [0.1, 0.15) is 75.6 Å². The van der Waals surface area contributed by atoms with Crippen molar-refractivity contribution in [2.75, 3.05) is 32.1 Å². The zero-order valence-corrected chi connectivity index (χ0v) is 22.2. The van der Waals surface area contributed by atoms with Gasteiger partial charge in [-0.3, -0.25) is 4.79 Å². The van der Waals surface area contributed by atoms with E-state index < -0.39 is 0 Å². The van der Waals surface area contributed by atoms with Gasteiger partial charge < -0.3 is 24.4 Å². The molecule has 0 atom stereocenters. The molecule has 0 spiro atoms. The standard InChI is InChI=1S/C28H42N4O3/c1-20(2)24-11-7-12-25(21(3)4)27(24)29-28(34)31(16-9-17-35-6)19-26(33)32(22-13-14-22)18-23-10-8-15-30(23)5/h7-8,10-12,15,20-22H,9,13-14,16-19H2,1-6H3,(H,29,34). The smallest absolute Gasteiger partial charge is 0.322 e. The van der Waals surface area contributed by atoms with E-state index in [9.17, 15) is 9.59 Å². The van der Waals surface area contributed by atoms with Gasteiger partial charge in [0.1, 0.15) is 6.54 Å². The lowest BCUT2D eigenvalue weighted by atomic mass is 9.93. The molecule has 3 amide bonds. The lowest BCUT2D eigenvalue weighted by Crippen LogP contribution is -2.45. The lowest BCUT2D eigenvalue weighted by molar-refractivity contribution is -0.133. The summed E-state index contributed by atoms with van der Waals surface area (Å²) in [5.74, 6) is 0.522. The maximum Gasteiger partial charge on any atom is 0.322 e. The molecule has 1 aliphatic carbocycles. The first-order valence-corrected chi connectivity index (χ1v) is 12.8. The predicted molar refractivity (Wildman–Crippen MR) is 141 cm³/mol. The third-order valence-corrected chi connectivity index (χ3v) is 6.69. The topological polar surface area (TPSA) is 66.8 Å². The van der Waals surface area contributed by atoms with Crippen molar-refractivity contribution >= 4 is 17.6 Å². The van der Waals surface area contributed by atoms with Gasteiger partial charge in [0.15, 0.2) is 0 Å². The van der Waals surface area contributed by atoms with E-state index in [1.807, 2.05) is 34.8 Å². The summed E-state index contributed by atoms with van der Waals surface area (Å²) in [6.07, 6.45) is 4.70. The van der Waals surface area contributed by atoms with Crippen LogP contribution in [0.3, 0.4) is 0 Å². The highest BCUT2D eigenvalue weighted by Gasteiger charge is 2.34. The molecule has 0 radical (unpaired) electrons. The molecule has 1 aliphatic rings. The Hall–Kier alpha value is -2.80. The molecule has 3 rings (SSSR count). The number of benzene rings is 1. The fourth-order valence-corrected chi connectivity index (χ4v) is 4.43. The Bertz CT molecular complexity index is 968.